The van der Waals surface area contributed by atoms with Crippen LogP contribution in [0.2, 0.25) is 0 Å². The minimum absolute atomic E-state index is 0.143. The number of carboxylic acid groups (broad SMARTS) is 1. The molecule has 0 radical (unpaired) electrons. The first-order valence-electron chi connectivity index (χ1n) is 4.86. The van der Waals surface area contributed by atoms with Gasteiger partial charge in [0.05, 0.1) is 11.0 Å². The van der Waals surface area contributed by atoms with Crippen molar-refractivity contribution in [3.05, 3.63) is 35.7 Å². The van der Waals surface area contributed by atoms with E-state index in [0.717, 1.165) is 16.6 Å². The number of rotatable bonds is 1. The third-order valence-electron chi connectivity index (χ3n) is 2.58. The van der Waals surface area contributed by atoms with E-state index in [1.165, 1.54) is 0 Å². The van der Waals surface area contributed by atoms with Crippen molar-refractivity contribution in [3.8, 4) is 0 Å². The molecule has 2 aromatic heterocycles. The minimum atomic E-state index is -0.981. The summed E-state index contributed by atoms with van der Waals surface area (Å²) >= 11 is 0. The van der Waals surface area contributed by atoms with Crippen LogP contribution in [0.25, 0.3) is 16.8 Å². The maximum atomic E-state index is 10.8. The smallest absolute Gasteiger partial charge is 0.353 e. The Morgan fingerprint density at radius 2 is 2.31 bits per heavy atom. The molecule has 0 aliphatic heterocycles. The first-order chi connectivity index (χ1) is 7.65. The number of H-pyrrole nitrogens is 1. The van der Waals surface area contributed by atoms with Crippen LogP contribution < -0.4 is 0 Å². The van der Waals surface area contributed by atoms with Gasteiger partial charge in [-0.3, -0.25) is 4.40 Å². The van der Waals surface area contributed by atoms with Gasteiger partial charge in [0.25, 0.3) is 0 Å². The van der Waals surface area contributed by atoms with Crippen LogP contribution >= 0.6 is 0 Å². The van der Waals surface area contributed by atoms with Crippen LogP contribution in [-0.2, 0) is 0 Å². The predicted molar refractivity (Wildman–Crippen MR) is 58.7 cm³/mol. The summed E-state index contributed by atoms with van der Waals surface area (Å²) in [6.07, 6.45) is 1.54. The Labute approximate surface area is 90.3 Å². The monoisotopic (exact) mass is 215 g/mol. The molecule has 0 aliphatic rings. The normalized spacial score (nSPS) is 11.3. The topological polar surface area (TPSA) is 70.4 Å². The summed E-state index contributed by atoms with van der Waals surface area (Å²) in [7, 11) is 0. The van der Waals surface area contributed by atoms with Gasteiger partial charge in [-0.25, -0.2) is 9.78 Å². The van der Waals surface area contributed by atoms with Gasteiger partial charge in [-0.1, -0.05) is 6.07 Å². The number of aryl methyl sites for hydroxylation is 1. The number of carbonyl (C=O) groups is 1. The van der Waals surface area contributed by atoms with E-state index in [1.807, 2.05) is 25.1 Å². The average Bonchev–Trinajstić information content (AvgIpc) is 2.73. The van der Waals surface area contributed by atoms with Crippen LogP contribution in [-0.4, -0.2) is 25.4 Å². The highest BCUT2D eigenvalue weighted by Gasteiger charge is 2.11. The molecule has 16 heavy (non-hydrogen) atoms. The molecule has 1 aromatic carbocycles. The Bertz CT molecular complexity index is 708. The average molecular weight is 215 g/mol. The van der Waals surface area contributed by atoms with Crippen molar-refractivity contribution in [3.63, 3.8) is 0 Å². The van der Waals surface area contributed by atoms with Crippen LogP contribution in [0.4, 0.5) is 0 Å². The molecule has 3 aromatic rings. The summed E-state index contributed by atoms with van der Waals surface area (Å²) in [5.74, 6) is -0.427. The van der Waals surface area contributed by atoms with E-state index in [2.05, 4.69) is 9.97 Å². The summed E-state index contributed by atoms with van der Waals surface area (Å²) < 4.78 is 1.75. The summed E-state index contributed by atoms with van der Waals surface area (Å²) in [4.78, 5) is 17.9. The Kier molecular flexibility index (Phi) is 1.60. The molecule has 0 atom stereocenters. The maximum absolute atomic E-state index is 10.8. The molecular formula is C11H9N3O2. The highest BCUT2D eigenvalue weighted by molar-refractivity contribution is 5.88. The fraction of sp³-hybridized carbons (Fsp3) is 0.0909. The zero-order valence-corrected chi connectivity index (χ0v) is 8.56. The lowest BCUT2D eigenvalue weighted by Crippen LogP contribution is -1.95. The maximum Gasteiger partial charge on any atom is 0.353 e. The van der Waals surface area contributed by atoms with Gasteiger partial charge in [0, 0.05) is 6.20 Å². The lowest BCUT2D eigenvalue weighted by Gasteiger charge is -1.92. The van der Waals surface area contributed by atoms with Crippen molar-refractivity contribution >= 4 is 22.8 Å². The van der Waals surface area contributed by atoms with Crippen LogP contribution in [0.1, 0.15) is 16.1 Å². The first-order valence-corrected chi connectivity index (χ1v) is 4.86. The number of aromatic carboxylic acids is 1. The molecule has 0 saturated carbocycles. The lowest BCUT2D eigenvalue weighted by molar-refractivity contribution is 0.0691. The number of fused-ring (bicyclic) bond motifs is 3. The van der Waals surface area contributed by atoms with Crippen molar-refractivity contribution in [2.24, 2.45) is 0 Å². The zero-order chi connectivity index (χ0) is 11.3. The highest BCUT2D eigenvalue weighted by Crippen LogP contribution is 2.18. The van der Waals surface area contributed by atoms with Crippen molar-refractivity contribution in [1.29, 1.82) is 0 Å². The number of nitrogens with one attached hydrogen (secondary N) is 1. The molecule has 0 bridgehead atoms. The van der Waals surface area contributed by atoms with Crippen molar-refractivity contribution < 1.29 is 9.90 Å². The molecule has 0 aliphatic carbocycles. The zero-order valence-electron chi connectivity index (χ0n) is 8.56. The number of hydrogen-bond donors (Lipinski definition) is 2. The molecule has 0 spiro atoms. The van der Waals surface area contributed by atoms with E-state index in [4.69, 9.17) is 5.11 Å². The molecule has 0 fully saturated rings. The Morgan fingerprint density at radius 3 is 3.06 bits per heavy atom. The van der Waals surface area contributed by atoms with Crippen molar-refractivity contribution in [2.75, 3.05) is 0 Å². The molecule has 0 amide bonds. The number of nitrogens with zero attached hydrogens (tertiary/aromatic N) is 2. The third kappa shape index (κ3) is 1.11. The van der Waals surface area contributed by atoms with E-state index in [0.29, 0.717) is 5.78 Å². The number of imidazole rings is 2. The van der Waals surface area contributed by atoms with Crippen LogP contribution in [0.15, 0.2) is 24.4 Å². The van der Waals surface area contributed by atoms with Gasteiger partial charge < -0.3 is 10.1 Å². The number of benzene rings is 1. The Morgan fingerprint density at radius 1 is 1.50 bits per heavy atom. The van der Waals surface area contributed by atoms with Gasteiger partial charge >= 0.3 is 5.97 Å². The van der Waals surface area contributed by atoms with Crippen molar-refractivity contribution in [2.45, 2.75) is 6.92 Å². The summed E-state index contributed by atoms with van der Waals surface area (Å²) in [5.41, 5.74) is 3.05. The van der Waals surface area contributed by atoms with Crippen LogP contribution in [0.3, 0.4) is 0 Å². The van der Waals surface area contributed by atoms with E-state index in [1.54, 1.807) is 10.6 Å². The predicted octanol–water partition coefficient (Wildman–Crippen LogP) is 1.82. The van der Waals surface area contributed by atoms with E-state index >= 15 is 0 Å². The number of hydrogen-bond acceptors (Lipinski definition) is 2. The Balaban J connectivity index is 2.38. The highest BCUT2D eigenvalue weighted by atomic mass is 16.4. The molecule has 5 heteroatoms. The number of aromatic nitrogens is 3. The summed E-state index contributed by atoms with van der Waals surface area (Å²) in [6, 6.07) is 5.88. The number of carboxylic acids is 1. The molecule has 3 rings (SSSR count). The van der Waals surface area contributed by atoms with Gasteiger partial charge in [0.2, 0.25) is 5.78 Å². The van der Waals surface area contributed by atoms with Gasteiger partial charge in [-0.15, -0.1) is 0 Å². The van der Waals surface area contributed by atoms with E-state index in [-0.39, 0.29) is 5.69 Å². The molecule has 0 unspecified atom stereocenters. The molecule has 2 heterocycles. The summed E-state index contributed by atoms with van der Waals surface area (Å²) in [6.45, 7) is 2.00. The SMILES string of the molecule is Cc1ccc2c(c1)nc1[nH]c(C(=O)O)cn12. The third-order valence-corrected chi connectivity index (χ3v) is 2.58. The van der Waals surface area contributed by atoms with Crippen molar-refractivity contribution in [1.82, 2.24) is 14.4 Å². The molecule has 5 nitrogen and oxygen atoms in total. The number of aromatic amines is 1. The van der Waals surface area contributed by atoms with Crippen LogP contribution in [0, 0.1) is 6.92 Å². The molecule has 80 valence electrons. The van der Waals surface area contributed by atoms with Gasteiger partial charge in [-0.2, -0.15) is 0 Å². The fourth-order valence-corrected chi connectivity index (χ4v) is 1.82. The van der Waals surface area contributed by atoms with Gasteiger partial charge in [0.1, 0.15) is 5.69 Å². The standard InChI is InChI=1S/C11H9N3O2/c1-6-2-3-9-7(4-6)12-11-13-8(10(15)16)5-14(9)11/h2-5H,1H3,(H,12,13)(H,15,16). The molecule has 0 saturated heterocycles. The minimum Gasteiger partial charge on any atom is -0.477 e. The molecular weight excluding hydrogens is 206 g/mol. The lowest BCUT2D eigenvalue weighted by atomic mass is 10.2. The second-order valence-electron chi connectivity index (χ2n) is 3.77. The summed E-state index contributed by atoms with van der Waals surface area (Å²) in [5, 5.41) is 8.85. The van der Waals surface area contributed by atoms with Gasteiger partial charge in [0.15, 0.2) is 0 Å². The Hall–Kier alpha value is -2.30. The van der Waals surface area contributed by atoms with Gasteiger partial charge in [-0.05, 0) is 24.6 Å². The molecule has 2 N–H and O–H groups in total. The van der Waals surface area contributed by atoms with Crippen LogP contribution in [0.5, 0.6) is 0 Å². The fourth-order valence-electron chi connectivity index (χ4n) is 1.82. The quantitative estimate of drug-likeness (QED) is 0.650. The second-order valence-corrected chi connectivity index (χ2v) is 3.77. The first kappa shape index (κ1) is 8.96. The van der Waals surface area contributed by atoms with E-state index in [9.17, 15) is 4.79 Å². The van der Waals surface area contributed by atoms with E-state index < -0.39 is 5.97 Å². The second kappa shape index (κ2) is 2.85. The largest absolute Gasteiger partial charge is 0.477 e.